The Kier molecular flexibility index (Phi) is 4.94. The van der Waals surface area contributed by atoms with E-state index in [4.69, 9.17) is 9.51 Å². The minimum atomic E-state index is -0.0174. The molecule has 4 nitrogen and oxygen atoms in total. The number of thiophene rings is 1. The molecule has 0 aromatic carbocycles. The number of rotatable bonds is 3. The van der Waals surface area contributed by atoms with Crippen LogP contribution in [0.2, 0.25) is 0 Å². The molecular formula is C25H24N2O2S2. The molecule has 0 N–H and O–H groups in total. The summed E-state index contributed by atoms with van der Waals surface area (Å²) in [6.45, 7) is 8.33. The molecular weight excluding hydrogens is 424 g/mol. The summed E-state index contributed by atoms with van der Waals surface area (Å²) in [7, 11) is 0. The third kappa shape index (κ3) is 3.58. The molecule has 0 spiro atoms. The summed E-state index contributed by atoms with van der Waals surface area (Å²) in [4.78, 5) is 20.0. The van der Waals surface area contributed by atoms with E-state index in [0.717, 1.165) is 61.5 Å². The second kappa shape index (κ2) is 7.53. The molecule has 2 aliphatic rings. The van der Waals surface area contributed by atoms with Crippen LogP contribution in [0.4, 0.5) is 0 Å². The second-order valence-electron chi connectivity index (χ2n) is 8.97. The van der Waals surface area contributed by atoms with Gasteiger partial charge in [-0.3, -0.25) is 4.79 Å². The number of fused-ring (bicyclic) bond motifs is 1. The number of aromatic nitrogens is 2. The lowest BCUT2D eigenvalue weighted by Gasteiger charge is -2.29. The summed E-state index contributed by atoms with van der Waals surface area (Å²) >= 11 is 3.32. The third-order valence-corrected chi connectivity index (χ3v) is 7.97. The Morgan fingerprint density at radius 3 is 2.81 bits per heavy atom. The fraction of sp³-hybridized carbons (Fsp3) is 0.320. The van der Waals surface area contributed by atoms with Crippen LogP contribution in [0.15, 0.2) is 40.3 Å². The molecule has 0 saturated carbocycles. The van der Waals surface area contributed by atoms with E-state index in [9.17, 15) is 4.79 Å². The van der Waals surface area contributed by atoms with Crippen LogP contribution in [-0.2, 0) is 6.42 Å². The Labute approximate surface area is 190 Å². The first-order chi connectivity index (χ1) is 14.8. The molecule has 0 bridgehead atoms. The van der Waals surface area contributed by atoms with Crippen LogP contribution in [0.25, 0.3) is 26.7 Å². The van der Waals surface area contributed by atoms with Crippen LogP contribution in [0.1, 0.15) is 58.9 Å². The highest BCUT2D eigenvalue weighted by Gasteiger charge is 2.36. The van der Waals surface area contributed by atoms with Gasteiger partial charge in [0.15, 0.2) is 5.78 Å². The zero-order valence-electron chi connectivity index (χ0n) is 18.1. The van der Waals surface area contributed by atoms with Gasteiger partial charge in [-0.2, -0.15) is 0 Å². The zero-order chi connectivity index (χ0) is 21.8. The zero-order valence-corrected chi connectivity index (χ0v) is 19.7. The van der Waals surface area contributed by atoms with Crippen molar-refractivity contribution in [3.05, 3.63) is 63.2 Å². The first-order valence-corrected chi connectivity index (χ1v) is 12.2. The van der Waals surface area contributed by atoms with E-state index < -0.39 is 0 Å². The van der Waals surface area contributed by atoms with Crippen molar-refractivity contribution in [2.24, 2.45) is 5.41 Å². The highest BCUT2D eigenvalue weighted by Crippen LogP contribution is 2.46. The highest BCUT2D eigenvalue weighted by atomic mass is 32.1. The standard InChI is InChI=1S/C25H24N2O2S2/c1-14-20(22(27-29-14)16-9-7-5-6-8-10-16)18-13-30-24(26-18)23-17-11-25(3,4)12-19(28)21(17)15(2)31-23/h5,7-10,13H,6,11-12H2,1-4H3. The maximum atomic E-state index is 12.8. The molecule has 3 aromatic heterocycles. The van der Waals surface area contributed by atoms with Crippen molar-refractivity contribution >= 4 is 34.0 Å². The Bertz CT molecular complexity index is 1280. The lowest BCUT2D eigenvalue weighted by atomic mass is 9.74. The lowest BCUT2D eigenvalue weighted by molar-refractivity contribution is 0.0913. The molecule has 0 amide bonds. The summed E-state index contributed by atoms with van der Waals surface area (Å²) in [6.07, 6.45) is 12.9. The summed E-state index contributed by atoms with van der Waals surface area (Å²) in [5.41, 5.74) is 5.73. The van der Waals surface area contributed by atoms with Gasteiger partial charge in [0.25, 0.3) is 0 Å². The van der Waals surface area contributed by atoms with Crippen LogP contribution in [0.3, 0.4) is 0 Å². The molecule has 0 atom stereocenters. The normalized spacial score (nSPS) is 17.5. The number of carbonyl (C=O) groups is 1. The quantitative estimate of drug-likeness (QED) is 0.425. The smallest absolute Gasteiger partial charge is 0.164 e. The summed E-state index contributed by atoms with van der Waals surface area (Å²) in [5, 5.41) is 7.38. The highest BCUT2D eigenvalue weighted by molar-refractivity contribution is 7.21. The van der Waals surface area contributed by atoms with Gasteiger partial charge in [-0.1, -0.05) is 49.4 Å². The van der Waals surface area contributed by atoms with Crippen molar-refractivity contribution in [3.63, 3.8) is 0 Å². The number of Topliss-reactive ketones (excluding diaryl/α,β-unsaturated/α-hetero) is 1. The minimum Gasteiger partial charge on any atom is -0.360 e. The molecule has 158 valence electrons. The van der Waals surface area contributed by atoms with Gasteiger partial charge >= 0.3 is 0 Å². The van der Waals surface area contributed by atoms with E-state index in [1.54, 1.807) is 22.7 Å². The van der Waals surface area contributed by atoms with Gasteiger partial charge in [0.2, 0.25) is 0 Å². The number of hydrogen-bond acceptors (Lipinski definition) is 6. The van der Waals surface area contributed by atoms with Crippen molar-refractivity contribution < 1.29 is 9.32 Å². The number of aryl methyl sites for hydroxylation is 2. The topological polar surface area (TPSA) is 56.0 Å². The molecule has 6 heteroatoms. The predicted molar refractivity (Wildman–Crippen MR) is 128 cm³/mol. The third-order valence-electron chi connectivity index (χ3n) is 5.83. The summed E-state index contributed by atoms with van der Waals surface area (Å²) in [6, 6.07) is 0. The van der Waals surface area contributed by atoms with E-state index in [1.807, 2.05) is 6.92 Å². The molecule has 31 heavy (non-hydrogen) atoms. The Morgan fingerprint density at radius 2 is 1.97 bits per heavy atom. The minimum absolute atomic E-state index is 0.0174. The van der Waals surface area contributed by atoms with E-state index in [2.05, 4.69) is 61.7 Å². The van der Waals surface area contributed by atoms with Gasteiger partial charge in [-0.05, 0) is 37.7 Å². The first kappa shape index (κ1) is 20.3. The molecule has 0 fully saturated rings. The monoisotopic (exact) mass is 448 g/mol. The first-order valence-electron chi connectivity index (χ1n) is 10.5. The maximum absolute atomic E-state index is 12.8. The predicted octanol–water partition coefficient (Wildman–Crippen LogP) is 7.20. The maximum Gasteiger partial charge on any atom is 0.164 e. The van der Waals surface area contributed by atoms with Crippen molar-refractivity contribution in [2.75, 3.05) is 0 Å². The molecule has 2 aliphatic carbocycles. The molecule has 3 aromatic rings. The van der Waals surface area contributed by atoms with Gasteiger partial charge in [0.05, 0.1) is 16.1 Å². The molecule has 0 radical (unpaired) electrons. The van der Waals surface area contributed by atoms with Crippen molar-refractivity contribution in [3.8, 4) is 21.1 Å². The number of ketones is 1. The molecule has 0 aliphatic heterocycles. The van der Waals surface area contributed by atoms with Crippen LogP contribution in [-0.4, -0.2) is 15.9 Å². The summed E-state index contributed by atoms with van der Waals surface area (Å²) < 4.78 is 5.57. The Balaban J connectivity index is 1.59. The van der Waals surface area contributed by atoms with E-state index in [1.165, 1.54) is 5.56 Å². The average molecular weight is 449 g/mol. The molecule has 5 rings (SSSR count). The number of nitrogens with zero attached hydrogens (tertiary/aromatic N) is 2. The molecule has 0 saturated heterocycles. The van der Waals surface area contributed by atoms with Crippen molar-refractivity contribution in [1.29, 1.82) is 0 Å². The van der Waals surface area contributed by atoms with Gasteiger partial charge in [0.1, 0.15) is 16.5 Å². The van der Waals surface area contributed by atoms with Crippen molar-refractivity contribution in [2.45, 2.75) is 47.0 Å². The fourth-order valence-electron chi connectivity index (χ4n) is 4.46. The Hall–Kier alpha value is -2.57. The van der Waals surface area contributed by atoms with Crippen LogP contribution < -0.4 is 0 Å². The van der Waals surface area contributed by atoms with Gasteiger partial charge in [-0.15, -0.1) is 22.7 Å². The number of hydrogen-bond donors (Lipinski definition) is 0. The van der Waals surface area contributed by atoms with Crippen LogP contribution in [0, 0.1) is 19.3 Å². The van der Waals surface area contributed by atoms with Crippen LogP contribution >= 0.6 is 22.7 Å². The van der Waals surface area contributed by atoms with E-state index in [-0.39, 0.29) is 11.2 Å². The molecule has 0 unspecified atom stereocenters. The SMILES string of the molecule is Cc1onc(C2=CC=CCC=C2)c1-c1csc(-c2sc(C)c3c2CC(C)(C)CC3=O)n1. The summed E-state index contributed by atoms with van der Waals surface area (Å²) in [5.74, 6) is 1.02. The molecule has 3 heterocycles. The van der Waals surface area contributed by atoms with Gasteiger partial charge < -0.3 is 4.52 Å². The van der Waals surface area contributed by atoms with Gasteiger partial charge in [-0.25, -0.2) is 4.98 Å². The lowest BCUT2D eigenvalue weighted by Crippen LogP contribution is -2.26. The second-order valence-corrected chi connectivity index (χ2v) is 11.1. The van der Waals surface area contributed by atoms with E-state index >= 15 is 0 Å². The van der Waals surface area contributed by atoms with Crippen molar-refractivity contribution in [1.82, 2.24) is 10.1 Å². The number of allylic oxidation sites excluding steroid dienone is 6. The largest absolute Gasteiger partial charge is 0.360 e. The number of thiazole rings is 1. The fourth-order valence-corrected chi connectivity index (χ4v) is 6.58. The van der Waals surface area contributed by atoms with Crippen LogP contribution in [0.5, 0.6) is 0 Å². The number of carbonyl (C=O) groups excluding carboxylic acids is 1. The Morgan fingerprint density at radius 1 is 1.13 bits per heavy atom. The van der Waals surface area contributed by atoms with Gasteiger partial charge in [0, 0.05) is 27.8 Å². The van der Waals surface area contributed by atoms with E-state index in [0.29, 0.717) is 6.42 Å². The average Bonchev–Trinajstić information content (AvgIpc) is 3.33.